The van der Waals surface area contributed by atoms with Gasteiger partial charge in [0.25, 0.3) is 0 Å². The molecule has 0 saturated carbocycles. The highest BCUT2D eigenvalue weighted by Crippen LogP contribution is 2.31. The van der Waals surface area contributed by atoms with Crippen LogP contribution in [0.4, 0.5) is 4.79 Å². The first-order valence-corrected chi connectivity index (χ1v) is 9.27. The highest BCUT2D eigenvalue weighted by Gasteiger charge is 2.18. The Morgan fingerprint density at radius 2 is 2.00 bits per heavy atom. The number of hydrogen-bond acceptors (Lipinski definition) is 3. The lowest BCUT2D eigenvalue weighted by atomic mass is 10.2. The van der Waals surface area contributed by atoms with Gasteiger partial charge in [0.2, 0.25) is 0 Å². The molecule has 3 rings (SSSR count). The van der Waals surface area contributed by atoms with Crippen LogP contribution < -0.4 is 10.1 Å². The molecule has 2 amide bonds. The molecule has 0 bridgehead atoms. The molecule has 0 radical (unpaired) electrons. The molecule has 27 heavy (non-hydrogen) atoms. The number of nitrogens with one attached hydrogen (secondary N) is 1. The summed E-state index contributed by atoms with van der Waals surface area (Å²) in [6.45, 7) is 4.88. The van der Waals surface area contributed by atoms with Crippen molar-refractivity contribution in [3.8, 4) is 5.75 Å². The summed E-state index contributed by atoms with van der Waals surface area (Å²) in [5, 5.41) is 4.59. The van der Waals surface area contributed by atoms with E-state index in [-0.39, 0.29) is 12.1 Å². The minimum absolute atomic E-state index is 0.178. The van der Waals surface area contributed by atoms with E-state index in [9.17, 15) is 4.79 Å². The molecule has 5 nitrogen and oxygen atoms in total. The maximum absolute atomic E-state index is 12.5. The van der Waals surface area contributed by atoms with Crippen molar-refractivity contribution in [2.45, 2.75) is 26.4 Å². The smallest absolute Gasteiger partial charge is 0.318 e. The van der Waals surface area contributed by atoms with E-state index in [4.69, 9.17) is 20.8 Å². The summed E-state index contributed by atoms with van der Waals surface area (Å²) in [5.74, 6) is 1.39. The number of urea groups is 1. The predicted octanol–water partition coefficient (Wildman–Crippen LogP) is 5.39. The van der Waals surface area contributed by atoms with Crippen LogP contribution in [0.5, 0.6) is 5.75 Å². The molecule has 0 saturated heterocycles. The summed E-state index contributed by atoms with van der Waals surface area (Å²) >= 11 is 5.90. The predicted molar refractivity (Wildman–Crippen MR) is 107 cm³/mol. The maximum Gasteiger partial charge on any atom is 0.318 e. The van der Waals surface area contributed by atoms with Gasteiger partial charge >= 0.3 is 6.03 Å². The molecule has 0 spiro atoms. The van der Waals surface area contributed by atoms with Gasteiger partial charge in [-0.25, -0.2) is 4.79 Å². The van der Waals surface area contributed by atoms with Gasteiger partial charge in [0.15, 0.2) is 11.3 Å². The molecule has 142 valence electrons. The summed E-state index contributed by atoms with van der Waals surface area (Å²) in [4.78, 5) is 14.1. The Kier molecular flexibility index (Phi) is 5.91. The van der Waals surface area contributed by atoms with Gasteiger partial charge in [0, 0.05) is 24.0 Å². The van der Waals surface area contributed by atoms with Crippen LogP contribution >= 0.6 is 11.6 Å². The number of carbonyl (C=O) groups is 1. The molecule has 0 aliphatic carbocycles. The number of benzene rings is 2. The fourth-order valence-electron chi connectivity index (χ4n) is 2.84. The third kappa shape index (κ3) is 4.55. The lowest BCUT2D eigenvalue weighted by Gasteiger charge is -2.20. The summed E-state index contributed by atoms with van der Waals surface area (Å²) < 4.78 is 11.6. The average Bonchev–Trinajstić information content (AvgIpc) is 3.09. The van der Waals surface area contributed by atoms with Crippen molar-refractivity contribution in [1.29, 1.82) is 0 Å². The second kappa shape index (κ2) is 8.35. The number of ether oxygens (including phenoxy) is 1. The van der Waals surface area contributed by atoms with E-state index < -0.39 is 0 Å². The summed E-state index contributed by atoms with van der Waals surface area (Å²) in [5.41, 5.74) is 1.71. The lowest BCUT2D eigenvalue weighted by Crippen LogP contribution is -2.38. The van der Waals surface area contributed by atoms with Crippen LogP contribution in [-0.4, -0.2) is 24.6 Å². The van der Waals surface area contributed by atoms with E-state index in [1.165, 1.54) is 0 Å². The number of furan rings is 1. The number of carbonyl (C=O) groups excluding carboxylic acids is 1. The summed E-state index contributed by atoms with van der Waals surface area (Å²) in [6.07, 6.45) is 0. The van der Waals surface area contributed by atoms with Gasteiger partial charge in [-0.05, 0) is 43.7 Å². The number of para-hydroxylation sites is 1. The minimum atomic E-state index is -0.271. The first-order valence-electron chi connectivity index (χ1n) is 8.89. The van der Waals surface area contributed by atoms with E-state index in [0.29, 0.717) is 35.3 Å². The van der Waals surface area contributed by atoms with E-state index in [1.54, 1.807) is 11.9 Å². The topological polar surface area (TPSA) is 54.7 Å². The quantitative estimate of drug-likeness (QED) is 0.618. The number of halogens is 1. The Morgan fingerprint density at radius 1 is 1.26 bits per heavy atom. The molecule has 1 unspecified atom stereocenters. The van der Waals surface area contributed by atoms with Crippen molar-refractivity contribution < 1.29 is 13.9 Å². The second-order valence-electron chi connectivity index (χ2n) is 6.41. The van der Waals surface area contributed by atoms with Crippen LogP contribution in [0.15, 0.2) is 52.9 Å². The Labute approximate surface area is 163 Å². The molecule has 1 heterocycles. The molecule has 0 fully saturated rings. The summed E-state index contributed by atoms with van der Waals surface area (Å²) in [6, 6.07) is 14.7. The van der Waals surface area contributed by atoms with Crippen LogP contribution in [0.25, 0.3) is 11.0 Å². The van der Waals surface area contributed by atoms with E-state index in [1.807, 2.05) is 62.4 Å². The van der Waals surface area contributed by atoms with Gasteiger partial charge < -0.3 is 19.4 Å². The van der Waals surface area contributed by atoms with E-state index in [2.05, 4.69) is 5.32 Å². The van der Waals surface area contributed by atoms with Crippen LogP contribution in [0.2, 0.25) is 5.02 Å². The van der Waals surface area contributed by atoms with Crippen LogP contribution in [0.1, 0.15) is 31.2 Å². The Bertz CT molecular complexity index is 921. The number of fused-ring (bicyclic) bond motifs is 1. The number of hydrogen-bond donors (Lipinski definition) is 1. The van der Waals surface area contributed by atoms with Crippen LogP contribution in [-0.2, 0) is 6.54 Å². The first kappa shape index (κ1) is 19.1. The highest BCUT2D eigenvalue weighted by molar-refractivity contribution is 6.30. The zero-order valence-electron chi connectivity index (χ0n) is 15.7. The molecule has 6 heteroatoms. The monoisotopic (exact) mass is 386 g/mol. The number of rotatable bonds is 6. The third-order valence-electron chi connectivity index (χ3n) is 4.27. The van der Waals surface area contributed by atoms with E-state index in [0.717, 1.165) is 10.9 Å². The standard InChI is InChI=1S/C21H23ClN2O3/c1-4-26-18-7-5-6-16-12-19(27-20(16)18)14(2)23-21(25)24(3)13-15-8-10-17(22)11-9-15/h5-12,14H,4,13H2,1-3H3,(H,23,25). The normalized spacial score (nSPS) is 12.0. The fraction of sp³-hybridized carbons (Fsp3) is 0.286. The zero-order valence-corrected chi connectivity index (χ0v) is 16.4. The third-order valence-corrected chi connectivity index (χ3v) is 4.53. The van der Waals surface area contributed by atoms with Gasteiger partial charge in [0.05, 0.1) is 12.6 Å². The maximum atomic E-state index is 12.5. The van der Waals surface area contributed by atoms with Crippen LogP contribution in [0, 0.1) is 0 Å². The fourth-order valence-corrected chi connectivity index (χ4v) is 2.97. The molecular formula is C21H23ClN2O3. The SMILES string of the molecule is CCOc1cccc2cc(C(C)NC(=O)N(C)Cc3ccc(Cl)cc3)oc12. The van der Waals surface area contributed by atoms with Crippen molar-refractivity contribution in [3.63, 3.8) is 0 Å². The molecule has 1 N–H and O–H groups in total. The molecular weight excluding hydrogens is 364 g/mol. The van der Waals surface area contributed by atoms with Gasteiger partial charge in [-0.3, -0.25) is 0 Å². The average molecular weight is 387 g/mol. The van der Waals surface area contributed by atoms with Gasteiger partial charge in [0.1, 0.15) is 5.76 Å². The molecule has 1 atom stereocenters. The largest absolute Gasteiger partial charge is 0.490 e. The van der Waals surface area contributed by atoms with Crippen molar-refractivity contribution in [2.75, 3.05) is 13.7 Å². The Hall–Kier alpha value is -2.66. The lowest BCUT2D eigenvalue weighted by molar-refractivity contribution is 0.202. The van der Waals surface area contributed by atoms with Crippen LogP contribution in [0.3, 0.4) is 0 Å². The van der Waals surface area contributed by atoms with Gasteiger partial charge in [-0.15, -0.1) is 0 Å². The molecule has 0 aliphatic heterocycles. The second-order valence-corrected chi connectivity index (χ2v) is 6.85. The molecule has 3 aromatic rings. The number of nitrogens with zero attached hydrogens (tertiary/aromatic N) is 1. The van der Waals surface area contributed by atoms with Crippen molar-refractivity contribution in [2.24, 2.45) is 0 Å². The minimum Gasteiger partial charge on any atom is -0.490 e. The molecule has 2 aromatic carbocycles. The molecule has 0 aliphatic rings. The van der Waals surface area contributed by atoms with Gasteiger partial charge in [-0.1, -0.05) is 35.9 Å². The van der Waals surface area contributed by atoms with Crippen molar-refractivity contribution in [3.05, 3.63) is 64.9 Å². The Morgan fingerprint density at radius 3 is 2.70 bits per heavy atom. The number of amides is 2. The zero-order chi connectivity index (χ0) is 19.4. The highest BCUT2D eigenvalue weighted by atomic mass is 35.5. The molecule has 1 aromatic heterocycles. The summed E-state index contributed by atoms with van der Waals surface area (Å²) in [7, 11) is 1.75. The van der Waals surface area contributed by atoms with E-state index >= 15 is 0 Å². The van der Waals surface area contributed by atoms with Crippen molar-refractivity contribution >= 4 is 28.6 Å². The Balaban J connectivity index is 1.67. The van der Waals surface area contributed by atoms with Crippen molar-refractivity contribution in [1.82, 2.24) is 10.2 Å². The van der Waals surface area contributed by atoms with Gasteiger partial charge in [-0.2, -0.15) is 0 Å². The first-order chi connectivity index (χ1) is 13.0.